The molecular formula is C13H25N3O2. The van der Waals surface area contributed by atoms with Gasteiger partial charge in [0.15, 0.2) is 0 Å². The minimum absolute atomic E-state index is 0.0755. The van der Waals surface area contributed by atoms with Crippen LogP contribution in [0.5, 0.6) is 0 Å². The van der Waals surface area contributed by atoms with Crippen LogP contribution in [0.25, 0.3) is 0 Å². The molecule has 18 heavy (non-hydrogen) atoms. The van der Waals surface area contributed by atoms with Gasteiger partial charge in [0.2, 0.25) is 0 Å². The summed E-state index contributed by atoms with van der Waals surface area (Å²) in [6, 6.07) is 0.0755. The summed E-state index contributed by atoms with van der Waals surface area (Å²) in [6.07, 6.45) is 1.75. The van der Waals surface area contributed by atoms with Crippen molar-refractivity contribution in [2.45, 2.75) is 39.7 Å². The molecule has 1 atom stereocenters. The summed E-state index contributed by atoms with van der Waals surface area (Å²) in [5.74, 6) is -0.507. The van der Waals surface area contributed by atoms with Crippen LogP contribution in [-0.4, -0.2) is 48.9 Å². The molecule has 0 saturated carbocycles. The van der Waals surface area contributed by atoms with Crippen LogP contribution in [0.3, 0.4) is 0 Å². The Morgan fingerprint density at radius 3 is 2.61 bits per heavy atom. The summed E-state index contributed by atoms with van der Waals surface area (Å²) in [4.78, 5) is 25.6. The van der Waals surface area contributed by atoms with Gasteiger partial charge in [-0.15, -0.1) is 0 Å². The molecule has 1 rings (SSSR count). The van der Waals surface area contributed by atoms with Crippen LogP contribution < -0.4 is 10.6 Å². The fourth-order valence-electron chi connectivity index (χ4n) is 2.16. The molecular weight excluding hydrogens is 230 g/mol. The second-order valence-corrected chi connectivity index (χ2v) is 5.13. The Bertz CT molecular complexity index is 284. The summed E-state index contributed by atoms with van der Waals surface area (Å²) >= 11 is 0. The molecule has 1 heterocycles. The van der Waals surface area contributed by atoms with Crippen LogP contribution in [0.1, 0.15) is 33.6 Å². The molecule has 2 N–H and O–H groups in total. The highest BCUT2D eigenvalue weighted by atomic mass is 16.2. The SMILES string of the molecule is CCC(NC(=O)C(=O)N1CCCNCC1)C(C)C. The molecule has 2 amide bonds. The van der Waals surface area contributed by atoms with Crippen molar-refractivity contribution in [2.75, 3.05) is 26.2 Å². The summed E-state index contributed by atoms with van der Waals surface area (Å²) in [5.41, 5.74) is 0. The van der Waals surface area contributed by atoms with Gasteiger partial charge in [0.1, 0.15) is 0 Å². The maximum absolute atomic E-state index is 12.0. The molecule has 0 aromatic carbocycles. The topological polar surface area (TPSA) is 61.4 Å². The van der Waals surface area contributed by atoms with Crippen molar-refractivity contribution in [1.29, 1.82) is 0 Å². The van der Waals surface area contributed by atoms with Gasteiger partial charge < -0.3 is 15.5 Å². The molecule has 0 spiro atoms. The van der Waals surface area contributed by atoms with E-state index in [0.29, 0.717) is 19.0 Å². The predicted molar refractivity (Wildman–Crippen MR) is 71.1 cm³/mol. The zero-order chi connectivity index (χ0) is 13.5. The number of carbonyl (C=O) groups is 2. The van der Waals surface area contributed by atoms with E-state index in [4.69, 9.17) is 0 Å². The van der Waals surface area contributed by atoms with Crippen molar-refractivity contribution >= 4 is 11.8 Å². The monoisotopic (exact) mass is 255 g/mol. The molecule has 104 valence electrons. The van der Waals surface area contributed by atoms with Crippen molar-refractivity contribution in [3.8, 4) is 0 Å². The average molecular weight is 255 g/mol. The lowest BCUT2D eigenvalue weighted by molar-refractivity contribution is -0.146. The van der Waals surface area contributed by atoms with Crippen LogP contribution in [-0.2, 0) is 9.59 Å². The zero-order valence-electron chi connectivity index (χ0n) is 11.7. The Hall–Kier alpha value is -1.10. The summed E-state index contributed by atoms with van der Waals surface area (Å²) in [6.45, 7) is 9.08. The van der Waals surface area contributed by atoms with Gasteiger partial charge in [-0.25, -0.2) is 0 Å². The van der Waals surface area contributed by atoms with Crippen LogP contribution >= 0.6 is 0 Å². The molecule has 0 radical (unpaired) electrons. The molecule has 1 unspecified atom stereocenters. The highest BCUT2D eigenvalue weighted by Gasteiger charge is 2.25. The quantitative estimate of drug-likeness (QED) is 0.716. The molecule has 0 aromatic rings. The summed E-state index contributed by atoms with van der Waals surface area (Å²) in [7, 11) is 0. The summed E-state index contributed by atoms with van der Waals surface area (Å²) in [5, 5.41) is 6.05. The van der Waals surface area contributed by atoms with Gasteiger partial charge >= 0.3 is 11.8 Å². The van der Waals surface area contributed by atoms with Crippen molar-refractivity contribution in [3.63, 3.8) is 0 Å². The maximum Gasteiger partial charge on any atom is 0.311 e. The van der Waals surface area contributed by atoms with E-state index in [1.807, 2.05) is 6.92 Å². The van der Waals surface area contributed by atoms with Crippen molar-refractivity contribution in [2.24, 2.45) is 5.92 Å². The molecule has 0 bridgehead atoms. The zero-order valence-corrected chi connectivity index (χ0v) is 11.7. The third-order valence-electron chi connectivity index (χ3n) is 3.38. The molecule has 0 aromatic heterocycles. The predicted octanol–water partition coefficient (Wildman–Crippen LogP) is 0.359. The van der Waals surface area contributed by atoms with E-state index in [1.54, 1.807) is 4.90 Å². The van der Waals surface area contributed by atoms with E-state index in [-0.39, 0.29) is 6.04 Å². The molecule has 5 heteroatoms. The number of rotatable bonds is 3. The first kappa shape index (κ1) is 15.0. The van der Waals surface area contributed by atoms with E-state index in [9.17, 15) is 9.59 Å². The molecule has 0 aliphatic carbocycles. The lowest BCUT2D eigenvalue weighted by atomic mass is 10.0. The standard InChI is InChI=1S/C13H25N3O2/c1-4-11(10(2)3)15-12(17)13(18)16-8-5-6-14-7-9-16/h10-11,14H,4-9H2,1-3H3,(H,15,17). The van der Waals surface area contributed by atoms with Gasteiger partial charge in [0.25, 0.3) is 0 Å². The van der Waals surface area contributed by atoms with Crippen LogP contribution in [0.15, 0.2) is 0 Å². The molecule has 1 aliphatic rings. The Kier molecular flexibility index (Phi) is 6.12. The van der Waals surface area contributed by atoms with Gasteiger partial charge in [-0.2, -0.15) is 0 Å². The second-order valence-electron chi connectivity index (χ2n) is 5.13. The Morgan fingerprint density at radius 2 is 2.00 bits per heavy atom. The van der Waals surface area contributed by atoms with E-state index in [2.05, 4.69) is 24.5 Å². The smallest absolute Gasteiger partial charge is 0.311 e. The van der Waals surface area contributed by atoms with E-state index in [1.165, 1.54) is 0 Å². The van der Waals surface area contributed by atoms with Crippen molar-refractivity contribution < 1.29 is 9.59 Å². The fraction of sp³-hybridized carbons (Fsp3) is 0.846. The van der Waals surface area contributed by atoms with Gasteiger partial charge in [0, 0.05) is 25.7 Å². The van der Waals surface area contributed by atoms with Gasteiger partial charge in [-0.05, 0) is 25.3 Å². The van der Waals surface area contributed by atoms with Crippen molar-refractivity contribution in [1.82, 2.24) is 15.5 Å². The highest BCUT2D eigenvalue weighted by Crippen LogP contribution is 2.05. The third-order valence-corrected chi connectivity index (χ3v) is 3.38. The number of nitrogens with zero attached hydrogens (tertiary/aromatic N) is 1. The Morgan fingerprint density at radius 1 is 1.28 bits per heavy atom. The highest BCUT2D eigenvalue weighted by molar-refractivity contribution is 6.35. The first-order chi connectivity index (χ1) is 8.56. The average Bonchev–Trinajstić information content (AvgIpc) is 2.62. The molecule has 1 fully saturated rings. The van der Waals surface area contributed by atoms with E-state index in [0.717, 1.165) is 25.9 Å². The number of amides is 2. The number of nitrogens with one attached hydrogen (secondary N) is 2. The molecule has 1 aliphatic heterocycles. The lowest BCUT2D eigenvalue weighted by Crippen LogP contribution is -2.48. The first-order valence-electron chi connectivity index (χ1n) is 6.86. The van der Waals surface area contributed by atoms with Crippen LogP contribution in [0.4, 0.5) is 0 Å². The minimum atomic E-state index is -0.461. The van der Waals surface area contributed by atoms with E-state index < -0.39 is 11.8 Å². The fourth-order valence-corrected chi connectivity index (χ4v) is 2.16. The van der Waals surface area contributed by atoms with Gasteiger partial charge in [-0.3, -0.25) is 9.59 Å². The van der Waals surface area contributed by atoms with Crippen LogP contribution in [0, 0.1) is 5.92 Å². The minimum Gasteiger partial charge on any atom is -0.345 e. The van der Waals surface area contributed by atoms with Gasteiger partial charge in [-0.1, -0.05) is 20.8 Å². The Labute approximate surface area is 109 Å². The Balaban J connectivity index is 2.51. The van der Waals surface area contributed by atoms with Gasteiger partial charge in [0.05, 0.1) is 0 Å². The molecule has 1 saturated heterocycles. The van der Waals surface area contributed by atoms with Crippen LogP contribution in [0.2, 0.25) is 0 Å². The number of hydrogen-bond donors (Lipinski definition) is 2. The van der Waals surface area contributed by atoms with E-state index >= 15 is 0 Å². The number of hydrogen-bond acceptors (Lipinski definition) is 3. The third kappa shape index (κ3) is 4.29. The lowest BCUT2D eigenvalue weighted by Gasteiger charge is -2.23. The number of carbonyl (C=O) groups excluding carboxylic acids is 2. The molecule has 5 nitrogen and oxygen atoms in total. The first-order valence-corrected chi connectivity index (χ1v) is 6.86. The second kappa shape index (κ2) is 7.36. The van der Waals surface area contributed by atoms with Crippen molar-refractivity contribution in [3.05, 3.63) is 0 Å². The normalized spacial score (nSPS) is 18.3. The summed E-state index contributed by atoms with van der Waals surface area (Å²) < 4.78 is 0. The largest absolute Gasteiger partial charge is 0.345 e. The maximum atomic E-state index is 12.0.